The van der Waals surface area contributed by atoms with Crippen LogP contribution in [0.4, 0.5) is 5.69 Å². The maximum absolute atomic E-state index is 11.2. The first-order chi connectivity index (χ1) is 10.1. The predicted octanol–water partition coefficient (Wildman–Crippen LogP) is 4.42. The molecule has 0 aliphatic heterocycles. The number of carboxylic acid groups (broad SMARTS) is 1. The molecular formula is C16H24BrClN2O2. The average Bonchev–Trinajstić information content (AvgIpc) is 2.48. The number of rotatable bonds is 6. The summed E-state index contributed by atoms with van der Waals surface area (Å²) < 4.78 is 0.810. The first-order valence-electron chi connectivity index (χ1n) is 7.64. The summed E-state index contributed by atoms with van der Waals surface area (Å²) >= 11 is 3.48. The van der Waals surface area contributed by atoms with Crippen LogP contribution in [0.5, 0.6) is 0 Å². The molecule has 1 aliphatic carbocycles. The molecule has 0 amide bonds. The Morgan fingerprint density at radius 2 is 2.00 bits per heavy atom. The number of carboxylic acids is 1. The van der Waals surface area contributed by atoms with Crippen LogP contribution in [0.25, 0.3) is 0 Å². The number of halogens is 2. The van der Waals surface area contributed by atoms with Gasteiger partial charge in [-0.15, -0.1) is 12.4 Å². The second kappa shape index (κ2) is 9.38. The zero-order valence-electron chi connectivity index (χ0n) is 12.8. The number of hydrogen-bond acceptors (Lipinski definition) is 3. The third-order valence-electron chi connectivity index (χ3n) is 3.96. The van der Waals surface area contributed by atoms with Gasteiger partial charge in [0, 0.05) is 23.6 Å². The zero-order valence-corrected chi connectivity index (χ0v) is 15.2. The van der Waals surface area contributed by atoms with Gasteiger partial charge in [0.05, 0.1) is 11.3 Å². The topological polar surface area (TPSA) is 61.4 Å². The van der Waals surface area contributed by atoms with Crippen molar-refractivity contribution in [1.29, 1.82) is 0 Å². The predicted molar refractivity (Wildman–Crippen MR) is 96.2 cm³/mol. The van der Waals surface area contributed by atoms with Crippen molar-refractivity contribution >= 4 is 40.0 Å². The van der Waals surface area contributed by atoms with E-state index in [1.807, 2.05) is 6.92 Å². The van der Waals surface area contributed by atoms with Crippen LogP contribution >= 0.6 is 28.3 Å². The molecule has 2 rings (SSSR count). The van der Waals surface area contributed by atoms with Gasteiger partial charge in [0.1, 0.15) is 0 Å². The summed E-state index contributed by atoms with van der Waals surface area (Å²) in [4.78, 5) is 11.2. The molecule has 1 saturated carbocycles. The summed E-state index contributed by atoms with van der Waals surface area (Å²) in [5.41, 5.74) is 2.32. The molecule has 0 saturated heterocycles. The SMILES string of the molecule is CCNc1c(Br)cc(C(=O)O)cc1CNC1CCCCC1.Cl. The van der Waals surface area contributed by atoms with Crippen molar-refractivity contribution in [2.24, 2.45) is 0 Å². The number of anilines is 1. The lowest BCUT2D eigenvalue weighted by Gasteiger charge is -2.24. The molecule has 124 valence electrons. The van der Waals surface area contributed by atoms with Gasteiger partial charge in [-0.1, -0.05) is 19.3 Å². The second-order valence-corrected chi connectivity index (χ2v) is 6.40. The lowest BCUT2D eigenvalue weighted by molar-refractivity contribution is 0.0696. The molecule has 0 radical (unpaired) electrons. The first kappa shape index (κ1) is 19.3. The van der Waals surface area contributed by atoms with Gasteiger partial charge in [-0.05, 0) is 53.4 Å². The Bertz CT molecular complexity index is 505. The molecule has 22 heavy (non-hydrogen) atoms. The number of hydrogen-bond donors (Lipinski definition) is 3. The van der Waals surface area contributed by atoms with Crippen LogP contribution in [0.3, 0.4) is 0 Å². The van der Waals surface area contributed by atoms with Crippen LogP contribution in [0.1, 0.15) is 54.9 Å². The van der Waals surface area contributed by atoms with E-state index in [1.54, 1.807) is 12.1 Å². The fourth-order valence-corrected chi connectivity index (χ4v) is 3.50. The van der Waals surface area contributed by atoms with Gasteiger partial charge in [0.2, 0.25) is 0 Å². The van der Waals surface area contributed by atoms with E-state index in [1.165, 1.54) is 32.1 Å². The Morgan fingerprint density at radius 1 is 1.32 bits per heavy atom. The molecule has 0 spiro atoms. The van der Waals surface area contributed by atoms with Crippen molar-refractivity contribution < 1.29 is 9.90 Å². The van der Waals surface area contributed by atoms with Gasteiger partial charge in [-0.2, -0.15) is 0 Å². The zero-order chi connectivity index (χ0) is 15.2. The van der Waals surface area contributed by atoms with Crippen LogP contribution in [0.15, 0.2) is 16.6 Å². The highest BCUT2D eigenvalue weighted by molar-refractivity contribution is 9.10. The summed E-state index contributed by atoms with van der Waals surface area (Å²) in [6, 6.07) is 3.98. The molecule has 0 atom stereocenters. The third-order valence-corrected chi connectivity index (χ3v) is 4.58. The Balaban J connectivity index is 0.00000242. The Hall–Kier alpha value is -0.780. The molecule has 0 unspecified atom stereocenters. The molecule has 3 N–H and O–H groups in total. The number of nitrogens with one attached hydrogen (secondary N) is 2. The molecule has 1 aromatic carbocycles. The van der Waals surface area contributed by atoms with E-state index in [0.717, 1.165) is 22.3 Å². The lowest BCUT2D eigenvalue weighted by Crippen LogP contribution is -2.30. The van der Waals surface area contributed by atoms with E-state index in [-0.39, 0.29) is 12.4 Å². The minimum Gasteiger partial charge on any atom is -0.478 e. The summed E-state index contributed by atoms with van der Waals surface area (Å²) in [5, 5.41) is 16.1. The number of aromatic carboxylic acids is 1. The molecule has 1 aromatic rings. The molecule has 1 aliphatic rings. The molecule has 4 nitrogen and oxygen atoms in total. The van der Waals surface area contributed by atoms with Gasteiger partial charge in [-0.3, -0.25) is 0 Å². The van der Waals surface area contributed by atoms with Gasteiger partial charge >= 0.3 is 5.97 Å². The van der Waals surface area contributed by atoms with Crippen molar-refractivity contribution in [1.82, 2.24) is 5.32 Å². The number of carbonyl (C=O) groups is 1. The maximum Gasteiger partial charge on any atom is 0.335 e. The largest absolute Gasteiger partial charge is 0.478 e. The highest BCUT2D eigenvalue weighted by Gasteiger charge is 2.16. The second-order valence-electron chi connectivity index (χ2n) is 5.54. The summed E-state index contributed by atoms with van der Waals surface area (Å²) in [7, 11) is 0. The van der Waals surface area contributed by atoms with E-state index < -0.39 is 5.97 Å². The number of benzene rings is 1. The maximum atomic E-state index is 11.2. The fourth-order valence-electron chi connectivity index (χ4n) is 2.86. The molecule has 6 heteroatoms. The van der Waals surface area contributed by atoms with Crippen LogP contribution in [-0.2, 0) is 6.54 Å². The summed E-state index contributed by atoms with van der Waals surface area (Å²) in [6.45, 7) is 3.55. The Kier molecular flexibility index (Phi) is 8.21. The fraction of sp³-hybridized carbons (Fsp3) is 0.562. The monoisotopic (exact) mass is 390 g/mol. The minimum atomic E-state index is -0.891. The first-order valence-corrected chi connectivity index (χ1v) is 8.44. The summed E-state index contributed by atoms with van der Waals surface area (Å²) in [6.07, 6.45) is 6.35. The molecule has 0 heterocycles. The van der Waals surface area contributed by atoms with E-state index in [0.29, 0.717) is 18.2 Å². The highest BCUT2D eigenvalue weighted by Crippen LogP contribution is 2.29. The Morgan fingerprint density at radius 3 is 2.59 bits per heavy atom. The van der Waals surface area contributed by atoms with Gasteiger partial charge in [0.25, 0.3) is 0 Å². The normalized spacial score (nSPS) is 15.2. The van der Waals surface area contributed by atoms with Crippen molar-refractivity contribution in [3.05, 3.63) is 27.7 Å². The van der Waals surface area contributed by atoms with Gasteiger partial charge < -0.3 is 15.7 Å². The van der Waals surface area contributed by atoms with Crippen LogP contribution in [0.2, 0.25) is 0 Å². The van der Waals surface area contributed by atoms with Crippen LogP contribution in [0, 0.1) is 0 Å². The Labute approximate surface area is 146 Å². The summed E-state index contributed by atoms with van der Waals surface area (Å²) in [5.74, 6) is -0.891. The molecule has 1 fully saturated rings. The van der Waals surface area contributed by atoms with Crippen molar-refractivity contribution in [2.75, 3.05) is 11.9 Å². The van der Waals surface area contributed by atoms with E-state index in [2.05, 4.69) is 26.6 Å². The van der Waals surface area contributed by atoms with Gasteiger partial charge in [0.15, 0.2) is 0 Å². The van der Waals surface area contributed by atoms with Crippen molar-refractivity contribution in [3.63, 3.8) is 0 Å². The molecular weight excluding hydrogens is 368 g/mol. The lowest BCUT2D eigenvalue weighted by atomic mass is 9.95. The quantitative estimate of drug-likeness (QED) is 0.671. The van der Waals surface area contributed by atoms with E-state index in [4.69, 9.17) is 0 Å². The van der Waals surface area contributed by atoms with Crippen molar-refractivity contribution in [2.45, 2.75) is 51.6 Å². The average molecular weight is 392 g/mol. The van der Waals surface area contributed by atoms with E-state index in [9.17, 15) is 9.90 Å². The van der Waals surface area contributed by atoms with Gasteiger partial charge in [-0.25, -0.2) is 4.79 Å². The molecule has 0 bridgehead atoms. The van der Waals surface area contributed by atoms with Crippen LogP contribution < -0.4 is 10.6 Å². The smallest absolute Gasteiger partial charge is 0.335 e. The van der Waals surface area contributed by atoms with Crippen molar-refractivity contribution in [3.8, 4) is 0 Å². The minimum absolute atomic E-state index is 0. The third kappa shape index (κ3) is 5.14. The highest BCUT2D eigenvalue weighted by atomic mass is 79.9. The van der Waals surface area contributed by atoms with Crippen LogP contribution in [-0.4, -0.2) is 23.7 Å². The van der Waals surface area contributed by atoms with E-state index >= 15 is 0 Å². The molecule has 0 aromatic heterocycles. The standard InChI is InChI=1S/C16H23BrN2O2.ClH/c1-2-18-15-12(8-11(16(20)21)9-14(15)17)10-19-13-6-4-3-5-7-13;/h8-9,13,18-19H,2-7,10H2,1H3,(H,20,21);1H.